The Bertz CT molecular complexity index is 778. The number of phenols is 1. The first-order valence-electron chi connectivity index (χ1n) is 8.87. The first-order valence-corrected chi connectivity index (χ1v) is 8.87. The van der Waals surface area contributed by atoms with E-state index in [1.807, 2.05) is 31.2 Å². The molecule has 0 heterocycles. The molecule has 0 fully saturated rings. The number of methoxy groups -OCH3 is 1. The van der Waals surface area contributed by atoms with Crippen molar-refractivity contribution in [2.24, 2.45) is 11.8 Å². The second-order valence-corrected chi connectivity index (χ2v) is 6.57. The fourth-order valence-electron chi connectivity index (χ4n) is 3.18. The maximum absolute atomic E-state index is 12.6. The van der Waals surface area contributed by atoms with Crippen LogP contribution in [0.4, 0.5) is 0 Å². The lowest BCUT2D eigenvalue weighted by Gasteiger charge is -2.21. The monoisotopic (exact) mass is 358 g/mol. The molecule has 0 spiro atoms. The Kier molecular flexibility index (Phi) is 6.61. The van der Waals surface area contributed by atoms with E-state index in [4.69, 9.17) is 9.47 Å². The largest absolute Gasteiger partial charge is 0.507 e. The summed E-state index contributed by atoms with van der Waals surface area (Å²) in [6.07, 6.45) is 0.449. The molecule has 5 heteroatoms. The standard InChI is InChI=1S/C21H26O5/c1-5-15(12-13(2)20(23)25-4)21(24)26-14(3)17-10-6-8-16-9-7-11-18(22)19(16)17/h6-11,13-15,22H,5,12H2,1-4H3. The third kappa shape index (κ3) is 4.34. The Morgan fingerprint density at radius 1 is 1.08 bits per heavy atom. The molecule has 26 heavy (non-hydrogen) atoms. The van der Waals surface area contributed by atoms with E-state index in [-0.39, 0.29) is 29.5 Å². The number of carbonyl (C=O) groups excluding carboxylic acids is 2. The molecule has 0 bridgehead atoms. The van der Waals surface area contributed by atoms with Crippen LogP contribution in [-0.4, -0.2) is 24.2 Å². The molecule has 0 aliphatic rings. The van der Waals surface area contributed by atoms with Crippen LogP contribution in [0.25, 0.3) is 10.8 Å². The van der Waals surface area contributed by atoms with E-state index in [1.54, 1.807) is 26.0 Å². The summed E-state index contributed by atoms with van der Waals surface area (Å²) in [5.41, 5.74) is 0.754. The SMILES string of the molecule is CCC(CC(C)C(=O)OC)C(=O)OC(C)c1cccc2cccc(O)c12. The zero-order valence-electron chi connectivity index (χ0n) is 15.7. The Balaban J connectivity index is 2.17. The number of ether oxygens (including phenoxy) is 2. The fourth-order valence-corrected chi connectivity index (χ4v) is 3.18. The summed E-state index contributed by atoms with van der Waals surface area (Å²) < 4.78 is 10.4. The number of esters is 2. The summed E-state index contributed by atoms with van der Waals surface area (Å²) in [6, 6.07) is 10.9. The van der Waals surface area contributed by atoms with E-state index in [1.165, 1.54) is 7.11 Å². The average Bonchev–Trinajstić information content (AvgIpc) is 2.64. The van der Waals surface area contributed by atoms with Gasteiger partial charge in [0.15, 0.2) is 0 Å². The molecule has 0 aliphatic heterocycles. The maximum atomic E-state index is 12.6. The molecule has 3 atom stereocenters. The smallest absolute Gasteiger partial charge is 0.309 e. The Labute approximate surface area is 153 Å². The number of aromatic hydroxyl groups is 1. The number of phenolic OH excluding ortho intramolecular Hbond substituents is 1. The highest BCUT2D eigenvalue weighted by Crippen LogP contribution is 2.33. The van der Waals surface area contributed by atoms with Crippen molar-refractivity contribution in [3.8, 4) is 5.75 Å². The minimum atomic E-state index is -0.512. The van der Waals surface area contributed by atoms with Gasteiger partial charge in [0, 0.05) is 10.9 Å². The average molecular weight is 358 g/mol. The van der Waals surface area contributed by atoms with Gasteiger partial charge in [-0.1, -0.05) is 44.2 Å². The van der Waals surface area contributed by atoms with Crippen LogP contribution in [0.1, 0.15) is 45.3 Å². The molecule has 0 radical (unpaired) electrons. The number of carbonyl (C=O) groups is 2. The molecule has 2 aromatic carbocycles. The summed E-state index contributed by atoms with van der Waals surface area (Å²) in [7, 11) is 1.34. The van der Waals surface area contributed by atoms with Crippen LogP contribution in [0, 0.1) is 11.8 Å². The molecule has 1 N–H and O–H groups in total. The molecule has 5 nitrogen and oxygen atoms in total. The molecule has 0 saturated heterocycles. The zero-order valence-corrected chi connectivity index (χ0v) is 15.7. The van der Waals surface area contributed by atoms with Gasteiger partial charge in [-0.3, -0.25) is 9.59 Å². The predicted molar refractivity (Wildman–Crippen MR) is 99.7 cm³/mol. The lowest BCUT2D eigenvalue weighted by atomic mass is 9.93. The van der Waals surface area contributed by atoms with Crippen LogP contribution in [-0.2, 0) is 19.1 Å². The summed E-state index contributed by atoms with van der Waals surface area (Å²) in [4.78, 5) is 24.2. The van der Waals surface area contributed by atoms with Crippen molar-refractivity contribution in [2.45, 2.75) is 39.7 Å². The van der Waals surface area contributed by atoms with Crippen LogP contribution >= 0.6 is 0 Å². The summed E-state index contributed by atoms with van der Waals surface area (Å²) in [6.45, 7) is 5.42. The van der Waals surface area contributed by atoms with Crippen LogP contribution in [0.5, 0.6) is 5.75 Å². The van der Waals surface area contributed by atoms with Crippen LogP contribution in [0.3, 0.4) is 0 Å². The van der Waals surface area contributed by atoms with Gasteiger partial charge in [-0.15, -0.1) is 0 Å². The van der Waals surface area contributed by atoms with Crippen molar-refractivity contribution in [1.82, 2.24) is 0 Å². The van der Waals surface area contributed by atoms with Gasteiger partial charge in [0.1, 0.15) is 11.9 Å². The van der Waals surface area contributed by atoms with Crippen molar-refractivity contribution in [3.63, 3.8) is 0 Å². The minimum Gasteiger partial charge on any atom is -0.507 e. The highest BCUT2D eigenvalue weighted by atomic mass is 16.5. The summed E-state index contributed by atoms with van der Waals surface area (Å²) in [5.74, 6) is -1.26. The topological polar surface area (TPSA) is 72.8 Å². The van der Waals surface area contributed by atoms with Crippen LogP contribution in [0.15, 0.2) is 36.4 Å². The van der Waals surface area contributed by atoms with E-state index in [0.29, 0.717) is 18.2 Å². The van der Waals surface area contributed by atoms with Gasteiger partial charge in [-0.25, -0.2) is 0 Å². The second kappa shape index (κ2) is 8.70. The van der Waals surface area contributed by atoms with Crippen molar-refractivity contribution >= 4 is 22.7 Å². The summed E-state index contributed by atoms with van der Waals surface area (Å²) >= 11 is 0. The quantitative estimate of drug-likeness (QED) is 0.744. The van der Waals surface area contributed by atoms with E-state index in [0.717, 1.165) is 10.9 Å². The first-order chi connectivity index (χ1) is 12.4. The molecular formula is C21H26O5. The highest BCUT2D eigenvalue weighted by molar-refractivity contribution is 5.91. The lowest BCUT2D eigenvalue weighted by Crippen LogP contribution is -2.24. The van der Waals surface area contributed by atoms with Gasteiger partial charge >= 0.3 is 11.9 Å². The molecule has 2 rings (SSSR count). The Morgan fingerprint density at radius 2 is 1.73 bits per heavy atom. The third-order valence-electron chi connectivity index (χ3n) is 4.71. The normalized spacial score (nSPS) is 14.5. The molecule has 2 aromatic rings. The van der Waals surface area contributed by atoms with E-state index in [9.17, 15) is 14.7 Å². The predicted octanol–water partition coefficient (Wildman–Crippen LogP) is 4.38. The van der Waals surface area contributed by atoms with Crippen molar-refractivity contribution < 1.29 is 24.2 Å². The molecule has 3 unspecified atom stereocenters. The number of rotatable bonds is 7. The van der Waals surface area contributed by atoms with E-state index < -0.39 is 6.10 Å². The van der Waals surface area contributed by atoms with Gasteiger partial charge in [0.2, 0.25) is 0 Å². The Morgan fingerprint density at radius 3 is 2.35 bits per heavy atom. The molecule has 0 saturated carbocycles. The highest BCUT2D eigenvalue weighted by Gasteiger charge is 2.27. The molecule has 0 aromatic heterocycles. The van der Waals surface area contributed by atoms with Crippen molar-refractivity contribution in [2.75, 3.05) is 7.11 Å². The number of benzene rings is 2. The second-order valence-electron chi connectivity index (χ2n) is 6.57. The van der Waals surface area contributed by atoms with Gasteiger partial charge in [0.05, 0.1) is 18.9 Å². The third-order valence-corrected chi connectivity index (χ3v) is 4.71. The van der Waals surface area contributed by atoms with Gasteiger partial charge in [-0.05, 0) is 31.2 Å². The lowest BCUT2D eigenvalue weighted by molar-refractivity contribution is -0.155. The molecular weight excluding hydrogens is 332 g/mol. The molecule has 0 amide bonds. The van der Waals surface area contributed by atoms with E-state index in [2.05, 4.69) is 0 Å². The van der Waals surface area contributed by atoms with E-state index >= 15 is 0 Å². The minimum absolute atomic E-state index is 0.160. The van der Waals surface area contributed by atoms with Crippen molar-refractivity contribution in [3.05, 3.63) is 42.0 Å². The zero-order chi connectivity index (χ0) is 19.3. The van der Waals surface area contributed by atoms with Gasteiger partial charge in [0.25, 0.3) is 0 Å². The van der Waals surface area contributed by atoms with Crippen molar-refractivity contribution in [1.29, 1.82) is 0 Å². The fraction of sp³-hybridized carbons (Fsp3) is 0.429. The summed E-state index contributed by atoms with van der Waals surface area (Å²) in [5, 5.41) is 11.8. The molecule has 140 valence electrons. The number of hydrogen-bond donors (Lipinski definition) is 1. The Hall–Kier alpha value is -2.56. The molecule has 0 aliphatic carbocycles. The van der Waals surface area contributed by atoms with Crippen LogP contribution in [0.2, 0.25) is 0 Å². The number of fused-ring (bicyclic) bond motifs is 1. The maximum Gasteiger partial charge on any atom is 0.309 e. The first kappa shape index (κ1) is 19.8. The number of hydrogen-bond acceptors (Lipinski definition) is 5. The van der Waals surface area contributed by atoms with Gasteiger partial charge in [-0.2, -0.15) is 0 Å². The van der Waals surface area contributed by atoms with Crippen LogP contribution < -0.4 is 0 Å². The van der Waals surface area contributed by atoms with Gasteiger partial charge < -0.3 is 14.6 Å².